The minimum Gasteiger partial charge on any atom is -0.495 e. The van der Waals surface area contributed by atoms with Crippen molar-refractivity contribution in [1.29, 1.82) is 0 Å². The van der Waals surface area contributed by atoms with Gasteiger partial charge in [0.15, 0.2) is 0 Å². The van der Waals surface area contributed by atoms with Gasteiger partial charge in [0.25, 0.3) is 0 Å². The monoisotopic (exact) mass is 393 g/mol. The topological polar surface area (TPSA) is 95.9 Å². The van der Waals surface area contributed by atoms with Crippen LogP contribution >= 0.6 is 0 Å². The number of fused-ring (bicyclic) bond motifs is 3. The van der Waals surface area contributed by atoms with E-state index in [0.29, 0.717) is 23.5 Å². The highest BCUT2D eigenvalue weighted by atomic mass is 32.2. The van der Waals surface area contributed by atoms with E-state index in [1.807, 2.05) is 12.1 Å². The van der Waals surface area contributed by atoms with Gasteiger partial charge in [-0.05, 0) is 90.4 Å². The summed E-state index contributed by atoms with van der Waals surface area (Å²) in [5.74, 6) is 2.12. The zero-order valence-corrected chi connectivity index (χ0v) is 16.6. The minimum atomic E-state index is -4.35. The standard InChI is InChI=1S/C20H27NO5S/c1-19-6-5-13-14-9-17(26-2)16(21-27(23,24)25)7-11(14)3-4-15(13)20(19)10-12(20)8-18(19)22/h7,9,12-13,15,18,21-22H,3-6,8,10H2,1-2H3,(H,23,24,25)/t12-,13-,15-,18+,19-,20+/m1/s1. The molecule has 0 unspecified atom stereocenters. The van der Waals surface area contributed by atoms with Crippen LogP contribution in [0.1, 0.15) is 56.1 Å². The van der Waals surface area contributed by atoms with Crippen LogP contribution in [0.15, 0.2) is 12.1 Å². The number of rotatable bonds is 3. The molecule has 6 nitrogen and oxygen atoms in total. The molecule has 3 saturated carbocycles. The number of aliphatic hydroxyl groups is 1. The predicted octanol–water partition coefficient (Wildman–Crippen LogP) is 3.13. The van der Waals surface area contributed by atoms with Crippen molar-refractivity contribution >= 4 is 16.0 Å². The summed E-state index contributed by atoms with van der Waals surface area (Å²) in [5, 5.41) is 10.7. The lowest BCUT2D eigenvalue weighted by molar-refractivity contribution is -0.0558. The molecule has 3 fully saturated rings. The van der Waals surface area contributed by atoms with Gasteiger partial charge in [-0.1, -0.05) is 6.92 Å². The molecule has 6 atom stereocenters. The van der Waals surface area contributed by atoms with Crippen LogP contribution in [0.4, 0.5) is 5.69 Å². The molecule has 7 heteroatoms. The fraction of sp³-hybridized carbons (Fsp3) is 0.700. The van der Waals surface area contributed by atoms with Gasteiger partial charge in [-0.2, -0.15) is 8.42 Å². The van der Waals surface area contributed by atoms with Crippen LogP contribution in [0.2, 0.25) is 0 Å². The highest BCUT2D eigenvalue weighted by Gasteiger charge is 2.76. The lowest BCUT2D eigenvalue weighted by Gasteiger charge is -2.52. The highest BCUT2D eigenvalue weighted by molar-refractivity contribution is 7.87. The Morgan fingerprint density at radius 1 is 1.30 bits per heavy atom. The molecule has 4 aliphatic rings. The fourth-order valence-corrected chi connectivity index (χ4v) is 7.64. The van der Waals surface area contributed by atoms with Gasteiger partial charge >= 0.3 is 10.3 Å². The van der Waals surface area contributed by atoms with Crippen LogP contribution in [0.3, 0.4) is 0 Å². The Bertz CT molecular complexity index is 915. The Morgan fingerprint density at radius 2 is 2.07 bits per heavy atom. The number of aliphatic hydroxyl groups excluding tert-OH is 1. The van der Waals surface area contributed by atoms with E-state index in [1.54, 1.807) is 0 Å². The van der Waals surface area contributed by atoms with E-state index in [0.717, 1.165) is 37.7 Å². The van der Waals surface area contributed by atoms with Crippen molar-refractivity contribution in [3.05, 3.63) is 23.3 Å². The van der Waals surface area contributed by atoms with E-state index in [-0.39, 0.29) is 22.6 Å². The lowest BCUT2D eigenvalue weighted by atomic mass is 9.52. The number of aryl methyl sites for hydroxylation is 1. The van der Waals surface area contributed by atoms with Gasteiger partial charge in [-0.25, -0.2) is 0 Å². The first-order valence-corrected chi connectivity index (χ1v) is 11.3. The van der Waals surface area contributed by atoms with E-state index >= 15 is 0 Å². The Balaban J connectivity index is 1.55. The van der Waals surface area contributed by atoms with Gasteiger partial charge in [0, 0.05) is 0 Å². The van der Waals surface area contributed by atoms with Crippen LogP contribution in [-0.2, 0) is 16.7 Å². The summed E-state index contributed by atoms with van der Waals surface area (Å²) in [5.41, 5.74) is 3.02. The first-order chi connectivity index (χ1) is 12.7. The maximum atomic E-state index is 11.3. The van der Waals surface area contributed by atoms with E-state index in [2.05, 4.69) is 11.6 Å². The van der Waals surface area contributed by atoms with Crippen LogP contribution in [0.25, 0.3) is 0 Å². The number of ether oxygens (including phenoxy) is 1. The third kappa shape index (κ3) is 2.28. The van der Waals surface area contributed by atoms with Crippen molar-refractivity contribution in [1.82, 2.24) is 0 Å². The van der Waals surface area contributed by atoms with Gasteiger partial charge in [0.1, 0.15) is 5.75 Å². The van der Waals surface area contributed by atoms with Crippen molar-refractivity contribution < 1.29 is 22.8 Å². The second kappa shape index (κ2) is 5.39. The van der Waals surface area contributed by atoms with E-state index in [9.17, 15) is 13.5 Å². The molecule has 148 valence electrons. The summed E-state index contributed by atoms with van der Waals surface area (Å²) < 4.78 is 39.3. The normalized spacial score (nSPS) is 41.8. The van der Waals surface area contributed by atoms with Crippen LogP contribution in [0, 0.1) is 22.7 Å². The van der Waals surface area contributed by atoms with Crippen LogP contribution in [0.5, 0.6) is 5.75 Å². The van der Waals surface area contributed by atoms with E-state index in [1.165, 1.54) is 19.1 Å². The summed E-state index contributed by atoms with van der Waals surface area (Å²) in [6, 6.07) is 3.78. The molecule has 0 amide bonds. The molecule has 0 heterocycles. The maximum Gasteiger partial charge on any atom is 0.357 e. The molecule has 0 saturated heterocycles. The SMILES string of the molecule is COc1cc2c(cc1NS(=O)(=O)O)CC[C@@H]1[C@@H]2CC[C@]2(C)[C@@H](O)C[C@@H]3C[C@]312. The number of nitrogens with one attached hydrogen (secondary N) is 1. The Morgan fingerprint density at radius 3 is 2.78 bits per heavy atom. The average Bonchev–Trinajstić information content (AvgIpc) is 3.25. The van der Waals surface area contributed by atoms with Crippen molar-refractivity contribution in [2.24, 2.45) is 22.7 Å². The third-order valence-electron chi connectivity index (χ3n) is 8.41. The molecule has 1 spiro atoms. The molecule has 0 aliphatic heterocycles. The number of hydrogen-bond acceptors (Lipinski definition) is 4. The van der Waals surface area contributed by atoms with Gasteiger partial charge in [-0.15, -0.1) is 0 Å². The molecule has 0 radical (unpaired) electrons. The molecule has 1 aromatic rings. The lowest BCUT2D eigenvalue weighted by Crippen LogP contribution is -2.47. The number of methoxy groups -OCH3 is 1. The van der Waals surface area contributed by atoms with E-state index < -0.39 is 10.3 Å². The van der Waals surface area contributed by atoms with Crippen molar-refractivity contribution in [2.45, 2.75) is 57.5 Å². The molecule has 0 bridgehead atoms. The quantitative estimate of drug-likeness (QED) is 0.686. The summed E-state index contributed by atoms with van der Waals surface area (Å²) >= 11 is 0. The zero-order valence-electron chi connectivity index (χ0n) is 15.7. The molecule has 4 aliphatic carbocycles. The summed E-state index contributed by atoms with van der Waals surface area (Å²) in [7, 11) is -2.83. The molecular formula is C20H27NO5S. The number of benzene rings is 1. The highest BCUT2D eigenvalue weighted by Crippen LogP contribution is 2.81. The zero-order chi connectivity index (χ0) is 19.2. The molecular weight excluding hydrogens is 366 g/mol. The summed E-state index contributed by atoms with van der Waals surface area (Å²) in [4.78, 5) is 0. The second-order valence-electron chi connectivity index (χ2n) is 9.23. The number of hydrogen-bond donors (Lipinski definition) is 3. The van der Waals surface area contributed by atoms with Gasteiger partial charge in [-0.3, -0.25) is 9.27 Å². The third-order valence-corrected chi connectivity index (χ3v) is 8.88. The summed E-state index contributed by atoms with van der Waals surface area (Å²) in [6.45, 7) is 2.30. The van der Waals surface area contributed by atoms with Crippen LogP contribution < -0.4 is 9.46 Å². The Hall–Kier alpha value is -1.31. The van der Waals surface area contributed by atoms with Gasteiger partial charge in [0.2, 0.25) is 0 Å². The first-order valence-electron chi connectivity index (χ1n) is 9.84. The first kappa shape index (κ1) is 17.8. The minimum absolute atomic E-state index is 0.0485. The molecule has 5 rings (SSSR count). The Kier molecular flexibility index (Phi) is 3.55. The number of anilines is 1. The molecule has 1 aromatic carbocycles. The Labute approximate surface area is 160 Å². The van der Waals surface area contributed by atoms with Gasteiger partial charge < -0.3 is 9.84 Å². The fourth-order valence-electron chi connectivity index (χ4n) is 7.21. The van der Waals surface area contributed by atoms with Crippen molar-refractivity contribution in [2.75, 3.05) is 11.8 Å². The molecule has 0 aromatic heterocycles. The van der Waals surface area contributed by atoms with Gasteiger partial charge in [0.05, 0.1) is 18.9 Å². The second-order valence-corrected chi connectivity index (χ2v) is 10.4. The molecule has 27 heavy (non-hydrogen) atoms. The smallest absolute Gasteiger partial charge is 0.357 e. The van der Waals surface area contributed by atoms with Crippen LogP contribution in [-0.4, -0.2) is 31.3 Å². The van der Waals surface area contributed by atoms with Crippen molar-refractivity contribution in [3.63, 3.8) is 0 Å². The molecule has 3 N–H and O–H groups in total. The van der Waals surface area contributed by atoms with Crippen molar-refractivity contribution in [3.8, 4) is 5.75 Å². The maximum absolute atomic E-state index is 11.3. The average molecular weight is 394 g/mol. The van der Waals surface area contributed by atoms with E-state index in [4.69, 9.17) is 9.29 Å². The summed E-state index contributed by atoms with van der Waals surface area (Å²) in [6.07, 6.45) is 6.08. The largest absolute Gasteiger partial charge is 0.495 e. The predicted molar refractivity (Wildman–Crippen MR) is 101 cm³/mol.